The standard InChI is InChI=1S/C13H19ClN2O/c1-3-12-9-16(4-5-17-12)13-10(2)6-11(7-14)8-15-13/h6,8,12H,3-5,7,9H2,1-2H3. The van der Waals surface area contributed by atoms with Crippen LogP contribution in [0.1, 0.15) is 24.5 Å². The number of aryl methyl sites for hydroxylation is 1. The minimum Gasteiger partial charge on any atom is -0.375 e. The number of nitrogens with zero attached hydrogens (tertiary/aromatic N) is 2. The number of anilines is 1. The Morgan fingerprint density at radius 2 is 2.41 bits per heavy atom. The second kappa shape index (κ2) is 5.69. The highest BCUT2D eigenvalue weighted by atomic mass is 35.5. The van der Waals surface area contributed by atoms with Gasteiger partial charge in [0.05, 0.1) is 12.7 Å². The van der Waals surface area contributed by atoms with Crippen LogP contribution in [0, 0.1) is 6.92 Å². The summed E-state index contributed by atoms with van der Waals surface area (Å²) in [6, 6.07) is 2.12. The number of halogens is 1. The molecule has 0 radical (unpaired) electrons. The molecule has 1 aliphatic heterocycles. The van der Waals surface area contributed by atoms with Gasteiger partial charge in [-0.1, -0.05) is 6.92 Å². The van der Waals surface area contributed by atoms with Crippen LogP contribution in [0.25, 0.3) is 0 Å². The van der Waals surface area contributed by atoms with Gasteiger partial charge < -0.3 is 9.64 Å². The van der Waals surface area contributed by atoms with Crippen LogP contribution in [0.5, 0.6) is 0 Å². The Morgan fingerprint density at radius 3 is 3.06 bits per heavy atom. The van der Waals surface area contributed by atoms with E-state index >= 15 is 0 Å². The molecule has 2 heterocycles. The number of rotatable bonds is 3. The van der Waals surface area contributed by atoms with Crippen LogP contribution >= 0.6 is 11.6 Å². The van der Waals surface area contributed by atoms with Gasteiger partial charge in [0.25, 0.3) is 0 Å². The Hall–Kier alpha value is -0.800. The Bertz CT molecular complexity index is 384. The first-order valence-corrected chi connectivity index (χ1v) is 6.66. The second-order valence-corrected chi connectivity index (χ2v) is 4.73. The third-order valence-electron chi connectivity index (χ3n) is 3.16. The molecular weight excluding hydrogens is 236 g/mol. The van der Waals surface area contributed by atoms with Crippen molar-refractivity contribution in [2.45, 2.75) is 32.3 Å². The fraction of sp³-hybridized carbons (Fsp3) is 0.615. The molecule has 1 atom stereocenters. The van der Waals surface area contributed by atoms with Crippen LogP contribution in [0.2, 0.25) is 0 Å². The molecule has 1 aliphatic rings. The van der Waals surface area contributed by atoms with Gasteiger partial charge >= 0.3 is 0 Å². The number of pyridine rings is 1. The Balaban J connectivity index is 2.16. The lowest BCUT2D eigenvalue weighted by molar-refractivity contribution is 0.0381. The van der Waals surface area contributed by atoms with Crippen molar-refractivity contribution in [3.8, 4) is 0 Å². The lowest BCUT2D eigenvalue weighted by atomic mass is 10.1. The minimum atomic E-state index is 0.331. The summed E-state index contributed by atoms with van der Waals surface area (Å²) in [6.07, 6.45) is 3.25. The van der Waals surface area contributed by atoms with Crippen molar-refractivity contribution in [3.63, 3.8) is 0 Å². The van der Waals surface area contributed by atoms with Crippen LogP contribution in [-0.4, -0.2) is 30.8 Å². The lowest BCUT2D eigenvalue weighted by Gasteiger charge is -2.34. The lowest BCUT2D eigenvalue weighted by Crippen LogP contribution is -2.42. The molecule has 0 bridgehead atoms. The fourth-order valence-corrected chi connectivity index (χ4v) is 2.33. The number of ether oxygens (including phenoxy) is 1. The number of hydrogen-bond donors (Lipinski definition) is 0. The number of alkyl halides is 1. The highest BCUT2D eigenvalue weighted by molar-refractivity contribution is 6.17. The largest absolute Gasteiger partial charge is 0.375 e. The van der Waals surface area contributed by atoms with Gasteiger partial charge in [0.2, 0.25) is 0 Å². The zero-order valence-corrected chi connectivity index (χ0v) is 11.2. The highest BCUT2D eigenvalue weighted by Crippen LogP contribution is 2.21. The molecule has 0 N–H and O–H groups in total. The summed E-state index contributed by atoms with van der Waals surface area (Å²) in [4.78, 5) is 6.84. The van der Waals surface area contributed by atoms with Crippen molar-refractivity contribution in [1.82, 2.24) is 4.98 Å². The maximum atomic E-state index is 5.81. The first-order chi connectivity index (χ1) is 8.24. The molecular formula is C13H19ClN2O. The van der Waals surface area contributed by atoms with E-state index in [0.29, 0.717) is 12.0 Å². The van der Waals surface area contributed by atoms with E-state index in [1.165, 1.54) is 5.56 Å². The van der Waals surface area contributed by atoms with Crippen molar-refractivity contribution in [3.05, 3.63) is 23.4 Å². The van der Waals surface area contributed by atoms with Crippen LogP contribution in [-0.2, 0) is 10.6 Å². The van der Waals surface area contributed by atoms with E-state index in [9.17, 15) is 0 Å². The Labute approximate surface area is 108 Å². The van der Waals surface area contributed by atoms with Crippen LogP contribution in [0.15, 0.2) is 12.3 Å². The molecule has 1 aromatic rings. The van der Waals surface area contributed by atoms with Gasteiger partial charge in [0.1, 0.15) is 5.82 Å². The van der Waals surface area contributed by atoms with E-state index in [1.54, 1.807) is 0 Å². The summed E-state index contributed by atoms with van der Waals surface area (Å²) in [5, 5.41) is 0. The predicted octanol–water partition coefficient (Wildman–Crippen LogP) is 2.74. The molecule has 4 heteroatoms. The van der Waals surface area contributed by atoms with E-state index in [0.717, 1.165) is 37.5 Å². The molecule has 0 aromatic carbocycles. The number of morpholine rings is 1. The van der Waals surface area contributed by atoms with Gasteiger partial charge in [-0.25, -0.2) is 4.98 Å². The highest BCUT2D eigenvalue weighted by Gasteiger charge is 2.21. The molecule has 1 aromatic heterocycles. The monoisotopic (exact) mass is 254 g/mol. The summed E-state index contributed by atoms with van der Waals surface area (Å²) < 4.78 is 5.67. The van der Waals surface area contributed by atoms with Crippen molar-refractivity contribution < 1.29 is 4.74 Å². The van der Waals surface area contributed by atoms with Gasteiger partial charge in [-0.2, -0.15) is 0 Å². The molecule has 0 aliphatic carbocycles. The molecule has 1 unspecified atom stereocenters. The van der Waals surface area contributed by atoms with Crippen molar-refractivity contribution >= 4 is 17.4 Å². The summed E-state index contributed by atoms with van der Waals surface area (Å²) >= 11 is 5.81. The van der Waals surface area contributed by atoms with E-state index in [2.05, 4.69) is 29.8 Å². The Morgan fingerprint density at radius 1 is 1.59 bits per heavy atom. The zero-order chi connectivity index (χ0) is 12.3. The van der Waals surface area contributed by atoms with E-state index in [-0.39, 0.29) is 0 Å². The molecule has 0 amide bonds. The third kappa shape index (κ3) is 2.90. The first-order valence-electron chi connectivity index (χ1n) is 6.12. The molecule has 0 saturated carbocycles. The van der Waals surface area contributed by atoms with Crippen LogP contribution < -0.4 is 4.90 Å². The van der Waals surface area contributed by atoms with Crippen molar-refractivity contribution in [2.75, 3.05) is 24.6 Å². The molecule has 1 fully saturated rings. The van der Waals surface area contributed by atoms with Gasteiger partial charge in [-0.05, 0) is 30.5 Å². The number of hydrogen-bond acceptors (Lipinski definition) is 3. The summed E-state index contributed by atoms with van der Waals surface area (Å²) in [6.45, 7) is 6.89. The fourth-order valence-electron chi connectivity index (χ4n) is 2.19. The Kier molecular flexibility index (Phi) is 4.24. The molecule has 1 saturated heterocycles. The molecule has 17 heavy (non-hydrogen) atoms. The van der Waals surface area contributed by atoms with Gasteiger partial charge in [-0.15, -0.1) is 11.6 Å². The van der Waals surface area contributed by atoms with Crippen molar-refractivity contribution in [2.24, 2.45) is 0 Å². The molecule has 94 valence electrons. The van der Waals surface area contributed by atoms with Gasteiger partial charge in [0.15, 0.2) is 0 Å². The summed E-state index contributed by atoms with van der Waals surface area (Å²) in [7, 11) is 0. The van der Waals surface area contributed by atoms with E-state index in [4.69, 9.17) is 16.3 Å². The van der Waals surface area contributed by atoms with Gasteiger partial charge in [0, 0.05) is 25.2 Å². The first kappa shape index (κ1) is 12.7. The normalized spacial score (nSPS) is 20.6. The maximum Gasteiger partial charge on any atom is 0.131 e. The zero-order valence-electron chi connectivity index (χ0n) is 10.4. The minimum absolute atomic E-state index is 0.331. The second-order valence-electron chi connectivity index (χ2n) is 4.46. The quantitative estimate of drug-likeness (QED) is 0.776. The van der Waals surface area contributed by atoms with E-state index in [1.807, 2.05) is 6.20 Å². The molecule has 3 nitrogen and oxygen atoms in total. The summed E-state index contributed by atoms with van der Waals surface area (Å²) in [5.41, 5.74) is 2.27. The average Bonchev–Trinajstić information content (AvgIpc) is 2.38. The van der Waals surface area contributed by atoms with Crippen LogP contribution in [0.4, 0.5) is 5.82 Å². The van der Waals surface area contributed by atoms with Crippen LogP contribution in [0.3, 0.4) is 0 Å². The third-order valence-corrected chi connectivity index (χ3v) is 3.46. The average molecular weight is 255 g/mol. The maximum absolute atomic E-state index is 5.81. The topological polar surface area (TPSA) is 25.4 Å². The predicted molar refractivity (Wildman–Crippen MR) is 70.8 cm³/mol. The van der Waals surface area contributed by atoms with E-state index < -0.39 is 0 Å². The smallest absolute Gasteiger partial charge is 0.131 e. The molecule has 2 rings (SSSR count). The summed E-state index contributed by atoms with van der Waals surface area (Å²) in [5.74, 6) is 1.59. The van der Waals surface area contributed by atoms with Gasteiger partial charge in [-0.3, -0.25) is 0 Å². The number of aromatic nitrogens is 1. The molecule has 0 spiro atoms. The van der Waals surface area contributed by atoms with Crippen molar-refractivity contribution in [1.29, 1.82) is 0 Å². The SMILES string of the molecule is CCC1CN(c2ncc(CCl)cc2C)CCO1.